The van der Waals surface area contributed by atoms with Crippen LogP contribution < -0.4 is 0 Å². The predicted molar refractivity (Wildman–Crippen MR) is 58.2 cm³/mol. The monoisotopic (exact) mass is 196 g/mol. The first kappa shape index (κ1) is 11.3. The topological polar surface area (TPSA) is 28.4 Å². The lowest BCUT2D eigenvalue weighted by Gasteiger charge is -2.13. The molecule has 0 amide bonds. The summed E-state index contributed by atoms with van der Waals surface area (Å²) < 4.78 is 2.12. The Hall–Kier alpha value is -0.800. The van der Waals surface area contributed by atoms with Crippen molar-refractivity contribution in [2.24, 2.45) is 0 Å². The van der Waals surface area contributed by atoms with Crippen LogP contribution in [0.3, 0.4) is 0 Å². The first-order valence-corrected chi connectivity index (χ1v) is 5.09. The Morgan fingerprint density at radius 2 is 2.21 bits per heavy atom. The van der Waals surface area contributed by atoms with Gasteiger partial charge in [-0.2, -0.15) is 0 Å². The Labute approximate surface area is 86.0 Å². The standard InChI is InChI=1S/C11H20N2O/c1-10(14)11-6-4-8-13(11)9-5-7-12(2)3/h4,6,8,10,14H,5,7,9H2,1-3H3. The van der Waals surface area contributed by atoms with Crippen molar-refractivity contribution in [1.29, 1.82) is 0 Å². The van der Waals surface area contributed by atoms with Gasteiger partial charge in [0, 0.05) is 18.4 Å². The van der Waals surface area contributed by atoms with E-state index in [0.29, 0.717) is 0 Å². The molecule has 1 atom stereocenters. The number of aliphatic hydroxyl groups is 1. The molecular weight excluding hydrogens is 176 g/mol. The SMILES string of the molecule is CC(O)c1cccn1CCCN(C)C. The van der Waals surface area contributed by atoms with Gasteiger partial charge < -0.3 is 14.6 Å². The molecular formula is C11H20N2O. The lowest BCUT2D eigenvalue weighted by Crippen LogP contribution is -2.15. The minimum atomic E-state index is -0.371. The van der Waals surface area contributed by atoms with Crippen molar-refractivity contribution in [2.45, 2.75) is 26.0 Å². The van der Waals surface area contributed by atoms with Crippen LogP contribution in [0.5, 0.6) is 0 Å². The van der Waals surface area contributed by atoms with Crippen molar-refractivity contribution in [3.05, 3.63) is 24.0 Å². The number of hydrogen-bond donors (Lipinski definition) is 1. The molecule has 1 aromatic rings. The largest absolute Gasteiger partial charge is 0.387 e. The van der Waals surface area contributed by atoms with E-state index in [4.69, 9.17) is 0 Å². The average Bonchev–Trinajstić information content (AvgIpc) is 2.51. The van der Waals surface area contributed by atoms with Crippen LogP contribution in [0.25, 0.3) is 0 Å². The molecule has 0 aliphatic heterocycles. The van der Waals surface area contributed by atoms with E-state index in [1.54, 1.807) is 6.92 Å². The molecule has 1 N–H and O–H groups in total. The highest BCUT2D eigenvalue weighted by molar-refractivity contribution is 5.09. The third-order valence-corrected chi connectivity index (χ3v) is 2.30. The first-order valence-electron chi connectivity index (χ1n) is 5.09. The van der Waals surface area contributed by atoms with Gasteiger partial charge >= 0.3 is 0 Å². The van der Waals surface area contributed by atoms with Crippen LogP contribution in [0.2, 0.25) is 0 Å². The number of aryl methyl sites for hydroxylation is 1. The molecule has 0 aliphatic rings. The molecule has 0 bridgehead atoms. The van der Waals surface area contributed by atoms with Crippen LogP contribution in [0.15, 0.2) is 18.3 Å². The molecule has 14 heavy (non-hydrogen) atoms. The van der Waals surface area contributed by atoms with Crippen molar-refractivity contribution < 1.29 is 5.11 Å². The van der Waals surface area contributed by atoms with Crippen molar-refractivity contribution in [1.82, 2.24) is 9.47 Å². The van der Waals surface area contributed by atoms with E-state index in [2.05, 4.69) is 23.6 Å². The number of nitrogens with zero attached hydrogens (tertiary/aromatic N) is 2. The summed E-state index contributed by atoms with van der Waals surface area (Å²) >= 11 is 0. The molecule has 0 saturated carbocycles. The van der Waals surface area contributed by atoms with E-state index in [1.165, 1.54) is 0 Å². The minimum absolute atomic E-state index is 0.371. The van der Waals surface area contributed by atoms with Crippen LogP contribution in [0.1, 0.15) is 25.1 Å². The van der Waals surface area contributed by atoms with E-state index in [-0.39, 0.29) is 6.10 Å². The van der Waals surface area contributed by atoms with Crippen LogP contribution in [0.4, 0.5) is 0 Å². The Bertz CT molecular complexity index is 266. The number of hydrogen-bond acceptors (Lipinski definition) is 2. The third kappa shape index (κ3) is 3.16. The summed E-state index contributed by atoms with van der Waals surface area (Å²) in [5.41, 5.74) is 1.00. The molecule has 0 fully saturated rings. The van der Waals surface area contributed by atoms with E-state index in [0.717, 1.165) is 25.2 Å². The zero-order chi connectivity index (χ0) is 10.6. The maximum absolute atomic E-state index is 9.47. The third-order valence-electron chi connectivity index (χ3n) is 2.30. The Morgan fingerprint density at radius 3 is 2.79 bits per heavy atom. The second-order valence-corrected chi connectivity index (χ2v) is 3.96. The average molecular weight is 196 g/mol. The lowest BCUT2D eigenvalue weighted by atomic mass is 10.3. The molecule has 80 valence electrons. The molecule has 1 unspecified atom stereocenters. The van der Waals surface area contributed by atoms with Crippen molar-refractivity contribution in [3.8, 4) is 0 Å². The van der Waals surface area contributed by atoms with Crippen molar-refractivity contribution in [2.75, 3.05) is 20.6 Å². The Balaban J connectivity index is 2.46. The summed E-state index contributed by atoms with van der Waals surface area (Å²) in [5.74, 6) is 0. The van der Waals surface area contributed by atoms with Gasteiger partial charge in [-0.15, -0.1) is 0 Å². The molecule has 0 saturated heterocycles. The van der Waals surface area contributed by atoms with Crippen molar-refractivity contribution >= 4 is 0 Å². The summed E-state index contributed by atoms with van der Waals surface area (Å²) in [6, 6.07) is 3.96. The Kier molecular flexibility index (Phi) is 4.17. The van der Waals surface area contributed by atoms with Crippen LogP contribution in [0, 0.1) is 0 Å². The zero-order valence-corrected chi connectivity index (χ0v) is 9.27. The predicted octanol–water partition coefficient (Wildman–Crippen LogP) is 1.49. The fraction of sp³-hybridized carbons (Fsp3) is 0.636. The van der Waals surface area contributed by atoms with Crippen LogP contribution >= 0.6 is 0 Å². The molecule has 1 heterocycles. The quantitative estimate of drug-likeness (QED) is 0.773. The fourth-order valence-corrected chi connectivity index (χ4v) is 1.57. The van der Waals surface area contributed by atoms with Crippen LogP contribution in [-0.4, -0.2) is 35.2 Å². The molecule has 1 aromatic heterocycles. The minimum Gasteiger partial charge on any atom is -0.387 e. The summed E-state index contributed by atoms with van der Waals surface area (Å²) in [7, 11) is 4.15. The molecule has 0 aliphatic carbocycles. The molecule has 0 aromatic carbocycles. The highest BCUT2D eigenvalue weighted by Gasteiger charge is 2.05. The van der Waals surface area contributed by atoms with Gasteiger partial charge in [0.05, 0.1) is 6.10 Å². The smallest absolute Gasteiger partial charge is 0.0911 e. The van der Waals surface area contributed by atoms with Gasteiger partial charge in [-0.05, 0) is 46.1 Å². The van der Waals surface area contributed by atoms with E-state index in [1.807, 2.05) is 18.3 Å². The van der Waals surface area contributed by atoms with Gasteiger partial charge in [0.25, 0.3) is 0 Å². The first-order chi connectivity index (χ1) is 6.61. The summed E-state index contributed by atoms with van der Waals surface area (Å²) in [4.78, 5) is 2.17. The summed E-state index contributed by atoms with van der Waals surface area (Å²) in [6.45, 7) is 3.86. The molecule has 3 heteroatoms. The number of rotatable bonds is 5. The number of aliphatic hydroxyl groups excluding tert-OH is 1. The maximum Gasteiger partial charge on any atom is 0.0911 e. The van der Waals surface area contributed by atoms with Gasteiger partial charge in [-0.3, -0.25) is 0 Å². The highest BCUT2D eigenvalue weighted by atomic mass is 16.3. The molecule has 3 nitrogen and oxygen atoms in total. The second-order valence-electron chi connectivity index (χ2n) is 3.96. The second kappa shape index (κ2) is 5.17. The van der Waals surface area contributed by atoms with Gasteiger partial charge in [-0.1, -0.05) is 0 Å². The fourth-order valence-electron chi connectivity index (χ4n) is 1.57. The summed E-state index contributed by atoms with van der Waals surface area (Å²) in [6.07, 6.45) is 2.77. The van der Waals surface area contributed by atoms with E-state index < -0.39 is 0 Å². The molecule has 0 radical (unpaired) electrons. The highest BCUT2D eigenvalue weighted by Crippen LogP contribution is 2.13. The molecule has 1 rings (SSSR count). The van der Waals surface area contributed by atoms with Crippen molar-refractivity contribution in [3.63, 3.8) is 0 Å². The normalized spacial score (nSPS) is 13.5. The maximum atomic E-state index is 9.47. The lowest BCUT2D eigenvalue weighted by molar-refractivity contribution is 0.188. The van der Waals surface area contributed by atoms with Gasteiger partial charge in [-0.25, -0.2) is 0 Å². The zero-order valence-electron chi connectivity index (χ0n) is 9.27. The van der Waals surface area contributed by atoms with Gasteiger partial charge in [0.1, 0.15) is 0 Å². The van der Waals surface area contributed by atoms with Gasteiger partial charge in [0.2, 0.25) is 0 Å². The van der Waals surface area contributed by atoms with E-state index >= 15 is 0 Å². The summed E-state index contributed by atoms with van der Waals surface area (Å²) in [5, 5.41) is 9.47. The molecule has 0 spiro atoms. The van der Waals surface area contributed by atoms with Gasteiger partial charge in [0.15, 0.2) is 0 Å². The van der Waals surface area contributed by atoms with Crippen LogP contribution in [-0.2, 0) is 6.54 Å². The van der Waals surface area contributed by atoms with E-state index in [9.17, 15) is 5.11 Å². The Morgan fingerprint density at radius 1 is 1.50 bits per heavy atom. The number of aromatic nitrogens is 1.